The minimum atomic E-state index is -0.661. The van der Waals surface area contributed by atoms with Gasteiger partial charge >= 0.3 is 0 Å². The Hall–Kier alpha value is -3.19. The monoisotopic (exact) mass is 396 g/mol. The molecule has 0 bridgehead atoms. The zero-order valence-electron chi connectivity index (χ0n) is 17.2. The van der Waals surface area contributed by atoms with E-state index in [9.17, 15) is 9.18 Å². The highest BCUT2D eigenvalue weighted by molar-refractivity contribution is 5.99. The van der Waals surface area contributed by atoms with Gasteiger partial charge in [0.15, 0.2) is 0 Å². The maximum Gasteiger partial charge on any atom is 0.247 e. The molecule has 1 heterocycles. The fourth-order valence-corrected chi connectivity index (χ4v) is 3.52. The van der Waals surface area contributed by atoms with Crippen molar-refractivity contribution in [3.8, 4) is 16.9 Å². The van der Waals surface area contributed by atoms with Crippen LogP contribution < -0.4 is 10.1 Å². The Kier molecular flexibility index (Phi) is 5.98. The van der Waals surface area contributed by atoms with Crippen LogP contribution in [-0.4, -0.2) is 41.8 Å². The molecule has 6 nitrogen and oxygen atoms in total. The molecule has 0 fully saturated rings. The number of likely N-dealkylation sites (N-methyl/N-ethyl adjacent to an activating group) is 1. The predicted octanol–water partition coefficient (Wildman–Crippen LogP) is 3.78. The third-order valence-corrected chi connectivity index (χ3v) is 4.77. The lowest BCUT2D eigenvalue weighted by Crippen LogP contribution is -2.33. The largest absolute Gasteiger partial charge is 0.496 e. The van der Waals surface area contributed by atoms with Crippen LogP contribution in [0.3, 0.4) is 0 Å². The van der Waals surface area contributed by atoms with Crippen molar-refractivity contribution in [3.05, 3.63) is 65.6 Å². The number of nitrogens with zero attached hydrogens (tertiary/aromatic N) is 3. The van der Waals surface area contributed by atoms with Gasteiger partial charge in [-0.3, -0.25) is 14.4 Å². The number of anilines is 1. The number of amides is 1. The van der Waals surface area contributed by atoms with Gasteiger partial charge in [-0.1, -0.05) is 30.3 Å². The van der Waals surface area contributed by atoms with Crippen LogP contribution in [0.1, 0.15) is 17.3 Å². The highest BCUT2D eigenvalue weighted by atomic mass is 19.1. The Bertz CT molecular complexity index is 1030. The molecule has 1 amide bonds. The number of para-hydroxylation sites is 1. The molecule has 2 aromatic carbocycles. The summed E-state index contributed by atoms with van der Waals surface area (Å²) in [5.74, 6) is 0.585. The van der Waals surface area contributed by atoms with Crippen LogP contribution in [0.15, 0.2) is 48.5 Å². The van der Waals surface area contributed by atoms with Crippen molar-refractivity contribution in [1.82, 2.24) is 14.7 Å². The lowest BCUT2D eigenvalue weighted by molar-refractivity contribution is -0.120. The summed E-state index contributed by atoms with van der Waals surface area (Å²) < 4.78 is 20.9. The summed E-state index contributed by atoms with van der Waals surface area (Å²) in [6.07, 6.45) is 0. The van der Waals surface area contributed by atoms with Crippen LogP contribution in [0.5, 0.6) is 5.75 Å². The van der Waals surface area contributed by atoms with Crippen molar-refractivity contribution < 1.29 is 13.9 Å². The van der Waals surface area contributed by atoms with Crippen LogP contribution >= 0.6 is 0 Å². The van der Waals surface area contributed by atoms with E-state index >= 15 is 0 Å². The molecule has 29 heavy (non-hydrogen) atoms. The second kappa shape index (κ2) is 8.45. The number of halogens is 1. The number of aromatic nitrogens is 2. The molecule has 1 N–H and O–H groups in total. The van der Waals surface area contributed by atoms with Crippen LogP contribution in [0.25, 0.3) is 11.1 Å². The quantitative estimate of drug-likeness (QED) is 0.689. The van der Waals surface area contributed by atoms with E-state index in [1.54, 1.807) is 50.0 Å². The summed E-state index contributed by atoms with van der Waals surface area (Å²) >= 11 is 0. The standard InChI is InChI=1S/C22H25FN4O2/c1-14-19(17-11-6-7-12-18(17)29-5)21(27(4)25-14)24-22(28)20(26(2)3)15-9-8-10-16(23)13-15/h6-13,20H,1-5H3,(H,24,28). The van der Waals surface area contributed by atoms with Crippen LogP contribution in [-0.2, 0) is 11.8 Å². The second-order valence-electron chi connectivity index (χ2n) is 7.04. The molecular formula is C22H25FN4O2. The lowest BCUT2D eigenvalue weighted by Gasteiger charge is -2.24. The Labute approximate surface area is 169 Å². The first-order valence-electron chi connectivity index (χ1n) is 9.23. The van der Waals surface area contributed by atoms with Crippen molar-refractivity contribution in [1.29, 1.82) is 0 Å². The van der Waals surface area contributed by atoms with Gasteiger partial charge in [0.1, 0.15) is 23.4 Å². The molecule has 0 radical (unpaired) electrons. The van der Waals surface area contributed by atoms with Gasteiger partial charge in [-0.05, 0) is 44.8 Å². The number of methoxy groups -OCH3 is 1. The van der Waals surface area contributed by atoms with Gasteiger partial charge < -0.3 is 10.1 Å². The van der Waals surface area contributed by atoms with Crippen LogP contribution in [0.4, 0.5) is 10.2 Å². The van der Waals surface area contributed by atoms with Gasteiger partial charge in [-0.15, -0.1) is 0 Å². The zero-order valence-corrected chi connectivity index (χ0v) is 17.2. The summed E-state index contributed by atoms with van der Waals surface area (Å²) in [7, 11) is 6.94. The Balaban J connectivity index is 2.03. The van der Waals surface area contributed by atoms with E-state index in [2.05, 4.69) is 10.4 Å². The van der Waals surface area contributed by atoms with Gasteiger partial charge in [-0.25, -0.2) is 4.39 Å². The normalized spacial score (nSPS) is 12.1. The van der Waals surface area contributed by atoms with E-state index in [0.717, 1.165) is 16.8 Å². The Morgan fingerprint density at radius 1 is 1.21 bits per heavy atom. The van der Waals surface area contributed by atoms with E-state index in [1.807, 2.05) is 31.2 Å². The highest BCUT2D eigenvalue weighted by Gasteiger charge is 2.27. The number of nitrogens with one attached hydrogen (secondary N) is 1. The summed E-state index contributed by atoms with van der Waals surface area (Å²) in [4.78, 5) is 15.0. The maximum absolute atomic E-state index is 13.7. The molecule has 1 atom stereocenters. The predicted molar refractivity (Wildman–Crippen MR) is 111 cm³/mol. The number of hydrogen-bond donors (Lipinski definition) is 1. The van der Waals surface area contributed by atoms with E-state index in [4.69, 9.17) is 4.74 Å². The molecule has 0 saturated heterocycles. The first kappa shape index (κ1) is 20.5. The van der Waals surface area contributed by atoms with Gasteiger partial charge in [0.25, 0.3) is 0 Å². The summed E-state index contributed by atoms with van der Waals surface area (Å²) in [6, 6.07) is 13.0. The van der Waals surface area contributed by atoms with Crippen molar-refractivity contribution in [2.24, 2.45) is 7.05 Å². The van der Waals surface area contributed by atoms with Crippen LogP contribution in [0, 0.1) is 12.7 Å². The average molecular weight is 396 g/mol. The van der Waals surface area contributed by atoms with E-state index in [-0.39, 0.29) is 11.7 Å². The van der Waals surface area contributed by atoms with Crippen molar-refractivity contribution in [3.63, 3.8) is 0 Å². The molecule has 0 spiro atoms. The SMILES string of the molecule is COc1ccccc1-c1c(C)nn(C)c1NC(=O)C(c1cccc(F)c1)N(C)C. The number of hydrogen-bond acceptors (Lipinski definition) is 4. The average Bonchev–Trinajstić information content (AvgIpc) is 2.94. The molecule has 3 aromatic rings. The maximum atomic E-state index is 13.7. The number of benzene rings is 2. The molecule has 0 aliphatic rings. The van der Waals surface area contributed by atoms with Crippen molar-refractivity contribution >= 4 is 11.7 Å². The third-order valence-electron chi connectivity index (χ3n) is 4.77. The minimum Gasteiger partial charge on any atom is -0.496 e. The van der Waals surface area contributed by atoms with Crippen molar-refractivity contribution in [2.75, 3.05) is 26.5 Å². The number of carbonyl (C=O) groups excluding carboxylic acids is 1. The highest BCUT2D eigenvalue weighted by Crippen LogP contribution is 2.37. The third kappa shape index (κ3) is 4.14. The number of aryl methyl sites for hydroxylation is 2. The van der Waals surface area contributed by atoms with Gasteiger partial charge in [0.05, 0.1) is 18.4 Å². The first-order chi connectivity index (χ1) is 13.8. The zero-order chi connectivity index (χ0) is 21.1. The molecule has 0 aliphatic heterocycles. The van der Waals surface area contributed by atoms with E-state index in [1.165, 1.54) is 12.1 Å². The van der Waals surface area contributed by atoms with Gasteiger partial charge in [-0.2, -0.15) is 5.10 Å². The molecule has 1 aromatic heterocycles. The number of carbonyl (C=O) groups is 1. The molecule has 152 valence electrons. The molecule has 3 rings (SSSR count). The van der Waals surface area contributed by atoms with Gasteiger partial charge in [0, 0.05) is 12.6 Å². The molecule has 7 heteroatoms. The topological polar surface area (TPSA) is 59.4 Å². The van der Waals surface area contributed by atoms with E-state index in [0.29, 0.717) is 17.1 Å². The molecule has 1 unspecified atom stereocenters. The lowest BCUT2D eigenvalue weighted by atomic mass is 10.0. The fraction of sp³-hybridized carbons (Fsp3) is 0.273. The summed E-state index contributed by atoms with van der Waals surface area (Å²) in [5.41, 5.74) is 2.96. The summed E-state index contributed by atoms with van der Waals surface area (Å²) in [5, 5.41) is 7.47. The summed E-state index contributed by atoms with van der Waals surface area (Å²) in [6.45, 7) is 1.88. The number of ether oxygens (including phenoxy) is 1. The number of rotatable bonds is 6. The minimum absolute atomic E-state index is 0.278. The van der Waals surface area contributed by atoms with Crippen molar-refractivity contribution in [2.45, 2.75) is 13.0 Å². The first-order valence-corrected chi connectivity index (χ1v) is 9.23. The van der Waals surface area contributed by atoms with E-state index < -0.39 is 6.04 Å². The molecule has 0 saturated carbocycles. The Morgan fingerprint density at radius 2 is 1.93 bits per heavy atom. The Morgan fingerprint density at radius 3 is 2.59 bits per heavy atom. The smallest absolute Gasteiger partial charge is 0.247 e. The molecule has 0 aliphatic carbocycles. The fourth-order valence-electron chi connectivity index (χ4n) is 3.52. The second-order valence-corrected chi connectivity index (χ2v) is 7.04. The molecular weight excluding hydrogens is 371 g/mol. The van der Waals surface area contributed by atoms with Crippen LogP contribution in [0.2, 0.25) is 0 Å². The van der Waals surface area contributed by atoms with Gasteiger partial charge in [0.2, 0.25) is 5.91 Å².